The second kappa shape index (κ2) is 8.34. The van der Waals surface area contributed by atoms with Gasteiger partial charge >= 0.3 is 0 Å². The van der Waals surface area contributed by atoms with Crippen LogP contribution >= 0.6 is 11.3 Å². The molecule has 0 saturated carbocycles. The van der Waals surface area contributed by atoms with Gasteiger partial charge in [0.1, 0.15) is 12.2 Å². The highest BCUT2D eigenvalue weighted by Crippen LogP contribution is 2.35. The van der Waals surface area contributed by atoms with Gasteiger partial charge in [-0.05, 0) is 45.1 Å². The molecule has 4 rings (SSSR count). The lowest BCUT2D eigenvalue weighted by atomic mass is 9.90. The number of thiazole rings is 1. The molecule has 3 heterocycles. The first-order valence-electron chi connectivity index (χ1n) is 9.99. The average Bonchev–Trinajstić information content (AvgIpc) is 3.30. The second-order valence-electron chi connectivity index (χ2n) is 7.42. The maximum Gasteiger partial charge on any atom is 0.226 e. The molecule has 1 unspecified atom stereocenters. The van der Waals surface area contributed by atoms with Gasteiger partial charge in [0.2, 0.25) is 5.95 Å². The molecular formula is C20H27N7S. The maximum absolute atomic E-state index is 4.83. The lowest BCUT2D eigenvalue weighted by molar-refractivity contribution is 0.536. The van der Waals surface area contributed by atoms with Crippen molar-refractivity contribution in [2.24, 2.45) is 0 Å². The zero-order chi connectivity index (χ0) is 19.5. The van der Waals surface area contributed by atoms with Crippen molar-refractivity contribution in [3.63, 3.8) is 0 Å². The van der Waals surface area contributed by atoms with E-state index in [1.165, 1.54) is 34.8 Å². The van der Waals surface area contributed by atoms with Crippen molar-refractivity contribution in [3.8, 4) is 0 Å². The molecule has 28 heavy (non-hydrogen) atoms. The number of rotatable bonds is 7. The van der Waals surface area contributed by atoms with Crippen LogP contribution in [0.5, 0.6) is 0 Å². The number of aromatic nitrogens is 6. The van der Waals surface area contributed by atoms with Gasteiger partial charge in [-0.3, -0.25) is 4.57 Å². The van der Waals surface area contributed by atoms with Gasteiger partial charge in [-0.1, -0.05) is 0 Å². The Morgan fingerprint density at radius 3 is 2.82 bits per heavy atom. The lowest BCUT2D eigenvalue weighted by Gasteiger charge is -2.27. The third kappa shape index (κ3) is 3.92. The van der Waals surface area contributed by atoms with Crippen LogP contribution in [0.4, 0.5) is 5.95 Å². The van der Waals surface area contributed by atoms with Crippen LogP contribution in [-0.4, -0.2) is 43.3 Å². The molecule has 0 N–H and O–H groups in total. The molecule has 3 aromatic heterocycles. The Labute approximate surface area is 169 Å². The van der Waals surface area contributed by atoms with E-state index < -0.39 is 0 Å². The summed E-state index contributed by atoms with van der Waals surface area (Å²) in [6, 6.07) is 0. The van der Waals surface area contributed by atoms with Gasteiger partial charge < -0.3 is 4.90 Å². The Hall–Kier alpha value is -2.35. The number of aryl methyl sites for hydroxylation is 4. The van der Waals surface area contributed by atoms with Gasteiger partial charge in [0, 0.05) is 49.7 Å². The van der Waals surface area contributed by atoms with Crippen LogP contribution in [0.15, 0.2) is 18.7 Å². The smallest absolute Gasteiger partial charge is 0.226 e. The SMILES string of the molecule is CCn1c(CCc2cncnc2)nnc1N(C)CC1CCCc2sc(C)nc21. The first-order chi connectivity index (χ1) is 13.7. The summed E-state index contributed by atoms with van der Waals surface area (Å²) in [5.74, 6) is 2.44. The van der Waals surface area contributed by atoms with E-state index in [1.807, 2.05) is 23.7 Å². The highest BCUT2D eigenvalue weighted by Gasteiger charge is 2.26. The third-order valence-corrected chi connectivity index (χ3v) is 6.44. The largest absolute Gasteiger partial charge is 0.343 e. The van der Waals surface area contributed by atoms with Gasteiger partial charge in [0.15, 0.2) is 0 Å². The maximum atomic E-state index is 4.83. The zero-order valence-electron chi connectivity index (χ0n) is 16.8. The molecular weight excluding hydrogens is 370 g/mol. The van der Waals surface area contributed by atoms with E-state index >= 15 is 0 Å². The molecule has 0 fully saturated rings. The van der Waals surface area contributed by atoms with Gasteiger partial charge in [-0.15, -0.1) is 21.5 Å². The van der Waals surface area contributed by atoms with Crippen LogP contribution in [0.25, 0.3) is 0 Å². The Morgan fingerprint density at radius 2 is 2.04 bits per heavy atom. The molecule has 0 amide bonds. The second-order valence-corrected chi connectivity index (χ2v) is 8.71. The number of anilines is 1. The van der Waals surface area contributed by atoms with Gasteiger partial charge in [-0.25, -0.2) is 15.0 Å². The minimum Gasteiger partial charge on any atom is -0.343 e. The highest BCUT2D eigenvalue weighted by molar-refractivity contribution is 7.11. The van der Waals surface area contributed by atoms with Crippen LogP contribution < -0.4 is 4.90 Å². The topological polar surface area (TPSA) is 72.6 Å². The van der Waals surface area contributed by atoms with Crippen molar-refractivity contribution in [2.75, 3.05) is 18.5 Å². The van der Waals surface area contributed by atoms with Crippen molar-refractivity contribution < 1.29 is 0 Å². The summed E-state index contributed by atoms with van der Waals surface area (Å²) in [7, 11) is 2.12. The van der Waals surface area contributed by atoms with E-state index in [0.717, 1.165) is 43.3 Å². The number of hydrogen-bond donors (Lipinski definition) is 0. The van der Waals surface area contributed by atoms with Crippen molar-refractivity contribution in [3.05, 3.63) is 45.7 Å². The number of nitrogens with zero attached hydrogens (tertiary/aromatic N) is 7. The molecule has 148 valence electrons. The predicted octanol–water partition coefficient (Wildman–Crippen LogP) is 3.19. The number of likely N-dealkylation sites (N-methyl/N-ethyl adjacent to an activating group) is 1. The van der Waals surface area contributed by atoms with Crippen LogP contribution in [0.2, 0.25) is 0 Å². The molecule has 0 aliphatic heterocycles. The van der Waals surface area contributed by atoms with E-state index in [4.69, 9.17) is 4.98 Å². The van der Waals surface area contributed by atoms with E-state index in [-0.39, 0.29) is 0 Å². The first-order valence-corrected chi connectivity index (χ1v) is 10.8. The Balaban J connectivity index is 1.47. The summed E-state index contributed by atoms with van der Waals surface area (Å²) in [6.45, 7) is 6.06. The zero-order valence-corrected chi connectivity index (χ0v) is 17.6. The Bertz CT molecular complexity index is 918. The monoisotopic (exact) mass is 397 g/mol. The van der Waals surface area contributed by atoms with Crippen LogP contribution in [0.1, 0.15) is 52.6 Å². The molecule has 0 saturated heterocycles. The molecule has 8 heteroatoms. The summed E-state index contributed by atoms with van der Waals surface area (Å²) in [5.41, 5.74) is 2.43. The summed E-state index contributed by atoms with van der Waals surface area (Å²) >= 11 is 1.86. The van der Waals surface area contributed by atoms with Gasteiger partial charge in [0.25, 0.3) is 0 Å². The summed E-state index contributed by atoms with van der Waals surface area (Å²) in [5, 5.41) is 10.2. The van der Waals surface area contributed by atoms with Crippen LogP contribution in [0.3, 0.4) is 0 Å². The van der Waals surface area contributed by atoms with Crippen molar-refractivity contribution in [2.45, 2.75) is 58.4 Å². The third-order valence-electron chi connectivity index (χ3n) is 5.39. The fourth-order valence-electron chi connectivity index (χ4n) is 4.05. The molecule has 1 aliphatic carbocycles. The van der Waals surface area contributed by atoms with Crippen molar-refractivity contribution in [1.82, 2.24) is 29.7 Å². The van der Waals surface area contributed by atoms with Crippen molar-refractivity contribution >= 4 is 17.3 Å². The fourth-order valence-corrected chi connectivity index (χ4v) is 5.12. The molecule has 0 bridgehead atoms. The summed E-state index contributed by atoms with van der Waals surface area (Å²) in [4.78, 5) is 16.7. The normalized spacial score (nSPS) is 16.2. The van der Waals surface area contributed by atoms with Gasteiger partial charge in [-0.2, -0.15) is 0 Å². The molecule has 1 aliphatic rings. The Morgan fingerprint density at radius 1 is 1.21 bits per heavy atom. The molecule has 1 atom stereocenters. The molecule has 0 aromatic carbocycles. The minimum absolute atomic E-state index is 0.477. The van der Waals surface area contributed by atoms with E-state index in [2.05, 4.69) is 50.5 Å². The molecule has 3 aromatic rings. The first kappa shape index (κ1) is 19.0. The molecule has 0 spiro atoms. The number of hydrogen-bond acceptors (Lipinski definition) is 7. The lowest BCUT2D eigenvalue weighted by Crippen LogP contribution is -2.29. The van der Waals surface area contributed by atoms with E-state index in [9.17, 15) is 0 Å². The summed E-state index contributed by atoms with van der Waals surface area (Å²) in [6.07, 6.45) is 10.6. The predicted molar refractivity (Wildman–Crippen MR) is 111 cm³/mol. The van der Waals surface area contributed by atoms with Gasteiger partial charge in [0.05, 0.1) is 10.7 Å². The summed E-state index contributed by atoms with van der Waals surface area (Å²) < 4.78 is 2.22. The minimum atomic E-state index is 0.477. The van der Waals surface area contributed by atoms with Crippen LogP contribution in [-0.2, 0) is 25.8 Å². The molecule has 7 nitrogen and oxygen atoms in total. The molecule has 0 radical (unpaired) electrons. The average molecular weight is 398 g/mol. The Kier molecular flexibility index (Phi) is 5.66. The van der Waals surface area contributed by atoms with E-state index in [0.29, 0.717) is 5.92 Å². The quantitative estimate of drug-likeness (QED) is 0.610. The number of fused-ring (bicyclic) bond motifs is 1. The van der Waals surface area contributed by atoms with E-state index in [1.54, 1.807) is 6.33 Å². The van der Waals surface area contributed by atoms with Crippen molar-refractivity contribution in [1.29, 1.82) is 0 Å². The van der Waals surface area contributed by atoms with Crippen LogP contribution in [0, 0.1) is 6.92 Å². The highest BCUT2D eigenvalue weighted by atomic mass is 32.1. The fraction of sp³-hybridized carbons (Fsp3) is 0.550. The standard InChI is InChI=1S/C20H27N7S/c1-4-27-18(9-8-15-10-21-13-22-11-15)24-25-20(27)26(3)12-16-6-5-7-17-19(16)23-14(2)28-17/h10-11,13,16H,4-9,12H2,1-3H3.